The van der Waals surface area contributed by atoms with Gasteiger partial charge >= 0.3 is 0 Å². The Morgan fingerprint density at radius 1 is 1.56 bits per heavy atom. The molecular weight excluding hydrogens is 235 g/mol. The third-order valence-corrected chi connectivity index (χ3v) is 4.02. The second-order valence-corrected chi connectivity index (χ2v) is 5.08. The summed E-state index contributed by atoms with van der Waals surface area (Å²) in [5.41, 5.74) is 0.568. The lowest BCUT2D eigenvalue weighted by Gasteiger charge is -2.22. The summed E-state index contributed by atoms with van der Waals surface area (Å²) in [5, 5.41) is 14.1. The van der Waals surface area contributed by atoms with Gasteiger partial charge in [-0.2, -0.15) is 0 Å². The normalized spacial score (nSPS) is 18.4. The molecule has 1 aromatic rings. The molecule has 18 heavy (non-hydrogen) atoms. The Morgan fingerprint density at radius 2 is 2.22 bits per heavy atom. The van der Waals surface area contributed by atoms with Crippen LogP contribution >= 0.6 is 0 Å². The van der Waals surface area contributed by atoms with Crippen molar-refractivity contribution in [2.24, 2.45) is 5.41 Å². The van der Waals surface area contributed by atoms with E-state index in [2.05, 4.69) is 12.2 Å². The molecule has 0 heterocycles. The summed E-state index contributed by atoms with van der Waals surface area (Å²) in [6.07, 6.45) is 2.62. The van der Waals surface area contributed by atoms with Gasteiger partial charge in [-0.1, -0.05) is 0 Å². The average molecular weight is 252 g/mol. The first-order valence-corrected chi connectivity index (χ1v) is 6.08. The molecule has 0 amide bonds. The van der Waals surface area contributed by atoms with E-state index in [0.717, 1.165) is 18.9 Å². The minimum atomic E-state index is -0.436. The number of benzene rings is 1. The smallest absolute Gasteiger partial charge is 0.272 e. The van der Waals surface area contributed by atoms with Crippen LogP contribution in [0.3, 0.4) is 0 Å². The summed E-state index contributed by atoms with van der Waals surface area (Å²) in [5.74, 6) is -0.413. The maximum atomic E-state index is 13.3. The molecule has 98 valence electrons. The van der Waals surface area contributed by atoms with E-state index >= 15 is 0 Å². The predicted octanol–water partition coefficient (Wildman–Crippen LogP) is 2.66. The number of hydrogen-bond acceptors (Lipinski definition) is 3. The SMILES string of the molecule is CNC(C)C1(Cc2cc(F)ccc2[N+](=O)[O-])CC1. The summed E-state index contributed by atoms with van der Waals surface area (Å²) >= 11 is 0. The summed E-state index contributed by atoms with van der Waals surface area (Å²) in [6.45, 7) is 2.07. The van der Waals surface area contributed by atoms with Crippen molar-refractivity contribution in [1.29, 1.82) is 0 Å². The Hall–Kier alpha value is -1.49. The van der Waals surface area contributed by atoms with E-state index in [9.17, 15) is 14.5 Å². The Kier molecular flexibility index (Phi) is 3.34. The molecule has 0 aromatic heterocycles. The van der Waals surface area contributed by atoms with Crippen molar-refractivity contribution in [3.8, 4) is 0 Å². The fourth-order valence-electron chi connectivity index (χ4n) is 2.48. The van der Waals surface area contributed by atoms with Crippen LogP contribution in [0.1, 0.15) is 25.3 Å². The van der Waals surface area contributed by atoms with E-state index in [1.807, 2.05) is 7.05 Å². The molecule has 1 aliphatic rings. The highest BCUT2D eigenvalue weighted by molar-refractivity contribution is 5.41. The molecule has 5 heteroatoms. The Bertz CT molecular complexity index is 472. The summed E-state index contributed by atoms with van der Waals surface area (Å²) < 4.78 is 13.3. The average Bonchev–Trinajstić information content (AvgIpc) is 3.08. The third kappa shape index (κ3) is 2.36. The number of hydrogen-bond donors (Lipinski definition) is 1. The van der Waals surface area contributed by atoms with Crippen molar-refractivity contribution in [1.82, 2.24) is 5.32 Å². The van der Waals surface area contributed by atoms with Crippen LogP contribution < -0.4 is 5.32 Å². The highest BCUT2D eigenvalue weighted by atomic mass is 19.1. The lowest BCUT2D eigenvalue weighted by atomic mass is 9.89. The van der Waals surface area contributed by atoms with Crippen LogP contribution in [0.25, 0.3) is 0 Å². The number of nitro benzene ring substituents is 1. The van der Waals surface area contributed by atoms with Gasteiger partial charge in [0.15, 0.2) is 0 Å². The Labute approximate surface area is 105 Å². The molecule has 1 N–H and O–H groups in total. The van der Waals surface area contributed by atoms with Gasteiger partial charge in [0.1, 0.15) is 5.82 Å². The van der Waals surface area contributed by atoms with Crippen LogP contribution in [0.2, 0.25) is 0 Å². The van der Waals surface area contributed by atoms with Crippen LogP contribution in [0.5, 0.6) is 0 Å². The first-order chi connectivity index (χ1) is 8.48. The molecule has 4 nitrogen and oxygen atoms in total. The molecule has 1 unspecified atom stereocenters. The van der Waals surface area contributed by atoms with Gasteiger partial charge in [0.05, 0.1) is 4.92 Å². The molecule has 0 radical (unpaired) electrons. The first kappa shape index (κ1) is 13.0. The lowest BCUT2D eigenvalue weighted by molar-refractivity contribution is -0.385. The zero-order valence-corrected chi connectivity index (χ0v) is 10.6. The van der Waals surface area contributed by atoms with Crippen molar-refractivity contribution in [2.75, 3.05) is 7.05 Å². The van der Waals surface area contributed by atoms with Crippen LogP contribution in [0.15, 0.2) is 18.2 Å². The van der Waals surface area contributed by atoms with Gasteiger partial charge in [0, 0.05) is 17.7 Å². The quantitative estimate of drug-likeness (QED) is 0.647. The zero-order valence-electron chi connectivity index (χ0n) is 10.6. The van der Waals surface area contributed by atoms with Gasteiger partial charge in [-0.05, 0) is 50.8 Å². The van der Waals surface area contributed by atoms with Crippen molar-refractivity contribution in [3.63, 3.8) is 0 Å². The summed E-state index contributed by atoms with van der Waals surface area (Å²) in [7, 11) is 1.88. The molecule has 2 rings (SSSR count). The molecule has 0 spiro atoms. The molecule has 1 aromatic carbocycles. The van der Waals surface area contributed by atoms with E-state index in [0.29, 0.717) is 12.0 Å². The summed E-state index contributed by atoms with van der Waals surface area (Å²) in [6, 6.07) is 3.97. The van der Waals surface area contributed by atoms with Gasteiger partial charge in [0.25, 0.3) is 5.69 Å². The van der Waals surface area contributed by atoms with E-state index < -0.39 is 10.7 Å². The van der Waals surface area contributed by atoms with Crippen molar-refractivity contribution >= 4 is 5.69 Å². The van der Waals surface area contributed by atoms with Gasteiger partial charge < -0.3 is 5.32 Å². The minimum Gasteiger partial charge on any atom is -0.317 e. The van der Waals surface area contributed by atoms with Crippen LogP contribution in [-0.4, -0.2) is 18.0 Å². The number of nitrogens with one attached hydrogen (secondary N) is 1. The molecular formula is C13H17FN2O2. The molecule has 0 saturated heterocycles. The van der Waals surface area contributed by atoms with Gasteiger partial charge in [-0.3, -0.25) is 10.1 Å². The fraction of sp³-hybridized carbons (Fsp3) is 0.538. The highest BCUT2D eigenvalue weighted by Crippen LogP contribution is 2.52. The van der Waals surface area contributed by atoms with Crippen LogP contribution in [0.4, 0.5) is 10.1 Å². The maximum absolute atomic E-state index is 13.3. The van der Waals surface area contributed by atoms with Crippen LogP contribution in [-0.2, 0) is 6.42 Å². The number of rotatable bonds is 5. The Morgan fingerprint density at radius 3 is 2.72 bits per heavy atom. The van der Waals surface area contributed by atoms with E-state index in [4.69, 9.17) is 0 Å². The molecule has 0 bridgehead atoms. The van der Waals surface area contributed by atoms with Gasteiger partial charge in [-0.15, -0.1) is 0 Å². The van der Waals surface area contributed by atoms with E-state index in [1.165, 1.54) is 12.1 Å². The molecule has 1 saturated carbocycles. The topological polar surface area (TPSA) is 55.2 Å². The minimum absolute atomic E-state index is 0.0194. The number of nitrogens with zero attached hydrogens (tertiary/aromatic N) is 1. The molecule has 1 atom stereocenters. The Balaban J connectivity index is 2.28. The first-order valence-electron chi connectivity index (χ1n) is 6.08. The monoisotopic (exact) mass is 252 g/mol. The number of halogens is 1. The highest BCUT2D eigenvalue weighted by Gasteiger charge is 2.47. The van der Waals surface area contributed by atoms with Gasteiger partial charge in [-0.25, -0.2) is 4.39 Å². The molecule has 0 aliphatic heterocycles. The largest absolute Gasteiger partial charge is 0.317 e. The lowest BCUT2D eigenvalue weighted by Crippen LogP contribution is -2.33. The summed E-state index contributed by atoms with van der Waals surface area (Å²) in [4.78, 5) is 10.5. The molecule has 1 fully saturated rings. The van der Waals surface area contributed by atoms with E-state index in [-0.39, 0.29) is 17.1 Å². The van der Waals surface area contributed by atoms with Crippen molar-refractivity contribution < 1.29 is 9.31 Å². The second-order valence-electron chi connectivity index (χ2n) is 5.08. The maximum Gasteiger partial charge on any atom is 0.272 e. The van der Waals surface area contributed by atoms with Crippen molar-refractivity contribution in [2.45, 2.75) is 32.2 Å². The zero-order chi connectivity index (χ0) is 13.3. The van der Waals surface area contributed by atoms with Gasteiger partial charge in [0.2, 0.25) is 0 Å². The molecule has 1 aliphatic carbocycles. The predicted molar refractivity (Wildman–Crippen MR) is 66.9 cm³/mol. The van der Waals surface area contributed by atoms with Crippen molar-refractivity contribution in [3.05, 3.63) is 39.7 Å². The third-order valence-electron chi connectivity index (χ3n) is 4.02. The van der Waals surface area contributed by atoms with E-state index in [1.54, 1.807) is 0 Å². The van der Waals surface area contributed by atoms with Crippen LogP contribution in [0, 0.1) is 21.3 Å². The fourth-order valence-corrected chi connectivity index (χ4v) is 2.48. The number of nitro groups is 1. The standard InChI is InChI=1S/C13H17FN2O2/c1-9(15-2)13(5-6-13)8-10-7-11(14)3-4-12(10)16(17)18/h3-4,7,9,15H,5-6,8H2,1-2H3. The second kappa shape index (κ2) is 4.65.